The van der Waals surface area contributed by atoms with E-state index in [4.69, 9.17) is 23.7 Å². The van der Waals surface area contributed by atoms with E-state index in [1.807, 2.05) is 0 Å². The number of imide groups is 1. The van der Waals surface area contributed by atoms with Crippen molar-refractivity contribution in [3.8, 4) is 11.5 Å². The third-order valence-electron chi connectivity index (χ3n) is 3.89. The van der Waals surface area contributed by atoms with Crippen molar-refractivity contribution in [2.75, 3.05) is 13.2 Å². The number of amides is 2. The second-order valence-corrected chi connectivity index (χ2v) is 11.0. The highest BCUT2D eigenvalue weighted by Gasteiger charge is 2.32. The van der Waals surface area contributed by atoms with Crippen molar-refractivity contribution < 1.29 is 42.9 Å². The highest BCUT2D eigenvalue weighted by atomic mass is 16.6. The normalized spacial score (nSPS) is 11.8. The molecule has 1 aromatic rings. The predicted molar refractivity (Wildman–Crippen MR) is 132 cm³/mol. The number of hydrogen-bond acceptors (Lipinski definition) is 9. The molecule has 0 N–H and O–H groups in total. The molecule has 0 spiro atoms. The lowest BCUT2D eigenvalue weighted by Crippen LogP contribution is -2.43. The molecule has 202 valence electrons. The number of nitrogens with zero attached hydrogens (tertiary/aromatic N) is 1. The van der Waals surface area contributed by atoms with Crippen LogP contribution < -0.4 is 9.47 Å². The molecule has 0 bridgehead atoms. The molecule has 0 aliphatic heterocycles. The topological polar surface area (TPSA) is 118 Å². The standard InChI is InChI=1S/C26H39NO9/c1-11-32-19-13-17(12-18(15-28)21(19)33-16-20(29)34-24(2,3)4)14-27(22(30)35-25(5,6)7)23(31)36-26(8,9)10/h12-13,15H,11,14,16H2,1-10H3. The second-order valence-electron chi connectivity index (χ2n) is 11.0. The van der Waals surface area contributed by atoms with Crippen LogP contribution in [0.15, 0.2) is 12.1 Å². The fraction of sp³-hybridized carbons (Fsp3) is 0.615. The maximum atomic E-state index is 12.8. The molecule has 0 aliphatic carbocycles. The van der Waals surface area contributed by atoms with Crippen molar-refractivity contribution in [2.24, 2.45) is 0 Å². The number of rotatable bonds is 8. The van der Waals surface area contributed by atoms with Gasteiger partial charge in [-0.25, -0.2) is 19.3 Å². The third-order valence-corrected chi connectivity index (χ3v) is 3.89. The molecule has 1 aromatic carbocycles. The first-order valence-corrected chi connectivity index (χ1v) is 11.7. The van der Waals surface area contributed by atoms with Gasteiger partial charge in [-0.2, -0.15) is 0 Å². The molecule has 1 rings (SSSR count). The lowest BCUT2D eigenvalue weighted by Gasteiger charge is -2.29. The number of carbonyl (C=O) groups is 4. The minimum absolute atomic E-state index is 0.0440. The lowest BCUT2D eigenvalue weighted by molar-refractivity contribution is -0.157. The summed E-state index contributed by atoms with van der Waals surface area (Å²) in [5.41, 5.74) is -1.98. The van der Waals surface area contributed by atoms with Gasteiger partial charge in [0.1, 0.15) is 16.8 Å². The number of ether oxygens (including phenoxy) is 5. The fourth-order valence-corrected chi connectivity index (χ4v) is 2.80. The molecule has 0 radical (unpaired) electrons. The molecular formula is C26H39NO9. The highest BCUT2D eigenvalue weighted by molar-refractivity contribution is 5.88. The van der Waals surface area contributed by atoms with Crippen molar-refractivity contribution in [2.45, 2.75) is 92.6 Å². The van der Waals surface area contributed by atoms with Crippen molar-refractivity contribution in [1.29, 1.82) is 0 Å². The molecule has 0 aliphatic rings. The van der Waals surface area contributed by atoms with E-state index < -0.39 is 41.6 Å². The van der Waals surface area contributed by atoms with E-state index >= 15 is 0 Å². The van der Waals surface area contributed by atoms with Gasteiger partial charge >= 0.3 is 18.2 Å². The zero-order chi connectivity index (χ0) is 27.9. The molecule has 0 saturated heterocycles. The number of esters is 1. The van der Waals surface area contributed by atoms with Crippen LogP contribution in [-0.4, -0.2) is 59.4 Å². The smallest absolute Gasteiger partial charge is 0.420 e. The Morgan fingerprint density at radius 3 is 1.72 bits per heavy atom. The molecule has 0 atom stereocenters. The Morgan fingerprint density at radius 1 is 0.806 bits per heavy atom. The van der Waals surface area contributed by atoms with E-state index in [0.29, 0.717) is 11.8 Å². The zero-order valence-electron chi connectivity index (χ0n) is 23.0. The van der Waals surface area contributed by atoms with Crippen molar-refractivity contribution >= 4 is 24.4 Å². The number of carbonyl (C=O) groups excluding carboxylic acids is 4. The monoisotopic (exact) mass is 509 g/mol. The summed E-state index contributed by atoms with van der Waals surface area (Å²) < 4.78 is 27.2. The van der Waals surface area contributed by atoms with Gasteiger partial charge in [-0.1, -0.05) is 0 Å². The number of benzene rings is 1. The van der Waals surface area contributed by atoms with E-state index in [1.165, 1.54) is 12.1 Å². The molecule has 2 amide bonds. The van der Waals surface area contributed by atoms with Gasteiger partial charge in [-0.3, -0.25) is 4.79 Å². The third kappa shape index (κ3) is 11.0. The number of aldehydes is 1. The van der Waals surface area contributed by atoms with Gasteiger partial charge in [-0.15, -0.1) is 0 Å². The average molecular weight is 510 g/mol. The Labute approximate surface area is 213 Å². The van der Waals surface area contributed by atoms with Crippen LogP contribution in [0.3, 0.4) is 0 Å². The quantitative estimate of drug-likeness (QED) is 0.262. The number of hydrogen-bond donors (Lipinski definition) is 0. The summed E-state index contributed by atoms with van der Waals surface area (Å²) >= 11 is 0. The van der Waals surface area contributed by atoms with Gasteiger partial charge < -0.3 is 23.7 Å². The largest absolute Gasteiger partial charge is 0.490 e. The Balaban J connectivity index is 3.35. The average Bonchev–Trinajstić information content (AvgIpc) is 2.66. The Hall–Kier alpha value is -3.30. The highest BCUT2D eigenvalue weighted by Crippen LogP contribution is 2.33. The van der Waals surface area contributed by atoms with Crippen LogP contribution in [0, 0.1) is 0 Å². The lowest BCUT2D eigenvalue weighted by atomic mass is 10.1. The van der Waals surface area contributed by atoms with Crippen LogP contribution in [-0.2, 0) is 25.5 Å². The summed E-state index contributed by atoms with van der Waals surface area (Å²) in [6.45, 7) is 16.5. The zero-order valence-corrected chi connectivity index (χ0v) is 23.0. The maximum Gasteiger partial charge on any atom is 0.420 e. The molecule has 0 aromatic heterocycles. The summed E-state index contributed by atoms with van der Waals surface area (Å²) in [4.78, 5) is 50.5. The van der Waals surface area contributed by atoms with Gasteiger partial charge in [-0.05, 0) is 86.9 Å². The van der Waals surface area contributed by atoms with E-state index in [1.54, 1.807) is 69.2 Å². The van der Waals surface area contributed by atoms with Crippen molar-refractivity contribution in [3.63, 3.8) is 0 Å². The van der Waals surface area contributed by atoms with Crippen LogP contribution in [0.2, 0.25) is 0 Å². The van der Waals surface area contributed by atoms with E-state index in [9.17, 15) is 19.2 Å². The molecular weight excluding hydrogens is 470 g/mol. The minimum atomic E-state index is -0.910. The molecule has 36 heavy (non-hydrogen) atoms. The van der Waals surface area contributed by atoms with E-state index in [-0.39, 0.29) is 30.2 Å². The Bertz CT molecular complexity index is 922. The minimum Gasteiger partial charge on any atom is -0.490 e. The Kier molecular flexibility index (Phi) is 10.3. The van der Waals surface area contributed by atoms with Gasteiger partial charge in [0.05, 0.1) is 18.7 Å². The molecule has 10 heteroatoms. The van der Waals surface area contributed by atoms with E-state index in [0.717, 1.165) is 4.90 Å². The summed E-state index contributed by atoms with van der Waals surface area (Å²) in [5, 5.41) is 0. The first-order chi connectivity index (χ1) is 16.3. The first-order valence-electron chi connectivity index (χ1n) is 11.7. The van der Waals surface area contributed by atoms with E-state index in [2.05, 4.69) is 0 Å². The predicted octanol–water partition coefficient (Wildman–Crippen LogP) is 5.29. The first kappa shape index (κ1) is 30.7. The molecule has 0 heterocycles. The molecule has 0 fully saturated rings. The van der Waals surface area contributed by atoms with Crippen LogP contribution in [0.1, 0.15) is 85.2 Å². The van der Waals surface area contributed by atoms with Crippen LogP contribution in [0.4, 0.5) is 9.59 Å². The SMILES string of the molecule is CCOc1cc(CN(C(=O)OC(C)(C)C)C(=O)OC(C)(C)C)cc(C=O)c1OCC(=O)OC(C)(C)C. The van der Waals surface area contributed by atoms with Crippen LogP contribution in [0.25, 0.3) is 0 Å². The van der Waals surface area contributed by atoms with Crippen LogP contribution in [0.5, 0.6) is 11.5 Å². The van der Waals surface area contributed by atoms with Gasteiger partial charge in [0.15, 0.2) is 24.4 Å². The summed E-state index contributed by atoms with van der Waals surface area (Å²) in [7, 11) is 0. The second kappa shape index (κ2) is 12.1. The van der Waals surface area contributed by atoms with Crippen LogP contribution >= 0.6 is 0 Å². The van der Waals surface area contributed by atoms with Gasteiger partial charge in [0.2, 0.25) is 0 Å². The summed E-state index contributed by atoms with van der Waals surface area (Å²) in [6, 6.07) is 2.95. The Morgan fingerprint density at radius 2 is 1.31 bits per heavy atom. The summed E-state index contributed by atoms with van der Waals surface area (Å²) in [6.07, 6.45) is -1.29. The molecule has 0 unspecified atom stereocenters. The van der Waals surface area contributed by atoms with Gasteiger partial charge in [0.25, 0.3) is 0 Å². The van der Waals surface area contributed by atoms with Crippen molar-refractivity contribution in [3.05, 3.63) is 23.3 Å². The van der Waals surface area contributed by atoms with Crippen molar-refractivity contribution in [1.82, 2.24) is 4.90 Å². The fourth-order valence-electron chi connectivity index (χ4n) is 2.80. The maximum absolute atomic E-state index is 12.8. The molecule has 0 saturated carbocycles. The molecule has 10 nitrogen and oxygen atoms in total. The summed E-state index contributed by atoms with van der Waals surface area (Å²) in [5.74, 6) is -0.413. The van der Waals surface area contributed by atoms with Gasteiger partial charge in [0, 0.05) is 0 Å².